The van der Waals surface area contributed by atoms with Crippen LogP contribution in [0.3, 0.4) is 0 Å². The lowest BCUT2D eigenvalue weighted by Gasteiger charge is -2.16. The lowest BCUT2D eigenvalue weighted by molar-refractivity contribution is 0.296. The molecule has 0 spiro atoms. The molecule has 0 radical (unpaired) electrons. The van der Waals surface area contributed by atoms with Crippen LogP contribution in [0.25, 0.3) is 0 Å². The normalized spacial score (nSPS) is 18.1. The quantitative estimate of drug-likeness (QED) is 0.482. The van der Waals surface area contributed by atoms with Gasteiger partial charge in [-0.15, -0.1) is 0 Å². The van der Waals surface area contributed by atoms with Crippen LogP contribution >= 0.6 is 0 Å². The van der Waals surface area contributed by atoms with E-state index in [-0.39, 0.29) is 0 Å². The van der Waals surface area contributed by atoms with Gasteiger partial charge in [0.05, 0.1) is 6.61 Å². The molecule has 1 aromatic rings. The summed E-state index contributed by atoms with van der Waals surface area (Å²) in [6, 6.07) is 3.72. The van der Waals surface area contributed by atoms with Gasteiger partial charge in [-0.1, -0.05) is 5.16 Å². The summed E-state index contributed by atoms with van der Waals surface area (Å²) in [6.07, 6.45) is 0.611. The van der Waals surface area contributed by atoms with Gasteiger partial charge in [0.2, 0.25) is 0 Å². The van der Waals surface area contributed by atoms with Crippen LogP contribution in [0.1, 0.15) is 17.8 Å². The Morgan fingerprint density at radius 3 is 3.15 bits per heavy atom. The van der Waals surface area contributed by atoms with Crippen molar-refractivity contribution in [3.05, 3.63) is 23.5 Å². The van der Waals surface area contributed by atoms with Crippen LogP contribution in [0.4, 0.5) is 0 Å². The van der Waals surface area contributed by atoms with Crippen molar-refractivity contribution in [3.8, 4) is 5.75 Å². The predicted octanol–water partition coefficient (Wildman–Crippen LogP) is 1.35. The minimum Gasteiger partial charge on any atom is -0.491 e. The van der Waals surface area contributed by atoms with Crippen molar-refractivity contribution in [1.29, 1.82) is 0 Å². The number of rotatable bonds is 0. The highest BCUT2D eigenvalue weighted by Crippen LogP contribution is 2.23. The summed E-state index contributed by atoms with van der Waals surface area (Å²) in [4.78, 5) is 4.25. The van der Waals surface area contributed by atoms with Crippen molar-refractivity contribution in [3.63, 3.8) is 0 Å². The Morgan fingerprint density at radius 1 is 1.54 bits per heavy atom. The molecule has 2 rings (SSSR count). The monoisotopic (exact) mass is 178 g/mol. The van der Waals surface area contributed by atoms with Gasteiger partial charge in [-0.25, -0.2) is 4.98 Å². The zero-order valence-corrected chi connectivity index (χ0v) is 7.32. The van der Waals surface area contributed by atoms with Crippen LogP contribution in [-0.4, -0.2) is 22.5 Å². The Morgan fingerprint density at radius 2 is 2.38 bits per heavy atom. The van der Waals surface area contributed by atoms with Gasteiger partial charge in [0, 0.05) is 12.1 Å². The Labute approximate surface area is 75.9 Å². The highest BCUT2D eigenvalue weighted by molar-refractivity contribution is 6.01. The molecule has 0 saturated heterocycles. The molecule has 4 heteroatoms. The molecule has 1 aromatic heterocycles. The van der Waals surface area contributed by atoms with Crippen LogP contribution in [0.15, 0.2) is 17.3 Å². The van der Waals surface area contributed by atoms with E-state index < -0.39 is 0 Å². The number of aromatic nitrogens is 1. The van der Waals surface area contributed by atoms with E-state index in [1.54, 1.807) is 0 Å². The van der Waals surface area contributed by atoms with Crippen molar-refractivity contribution in [1.82, 2.24) is 4.98 Å². The van der Waals surface area contributed by atoms with E-state index in [1.807, 2.05) is 19.1 Å². The van der Waals surface area contributed by atoms with Crippen LogP contribution in [0, 0.1) is 6.92 Å². The fourth-order valence-electron chi connectivity index (χ4n) is 1.34. The van der Waals surface area contributed by atoms with Gasteiger partial charge in [0.1, 0.15) is 17.2 Å². The van der Waals surface area contributed by atoms with Crippen LogP contribution in [0.2, 0.25) is 0 Å². The summed E-state index contributed by atoms with van der Waals surface area (Å²) in [5, 5.41) is 11.9. The van der Waals surface area contributed by atoms with Crippen LogP contribution in [0.5, 0.6) is 5.75 Å². The smallest absolute Gasteiger partial charge is 0.146 e. The molecule has 1 N–H and O–H groups in total. The maximum atomic E-state index is 8.72. The van der Waals surface area contributed by atoms with E-state index in [0.29, 0.717) is 30.2 Å². The second-order valence-corrected chi connectivity index (χ2v) is 2.94. The molecular formula is C9H10N2O2. The van der Waals surface area contributed by atoms with Crippen molar-refractivity contribution in [2.75, 3.05) is 6.61 Å². The molecule has 0 aliphatic carbocycles. The first kappa shape index (κ1) is 8.04. The molecule has 0 unspecified atom stereocenters. The minimum absolute atomic E-state index is 0.553. The summed E-state index contributed by atoms with van der Waals surface area (Å²) < 4.78 is 5.36. The number of aryl methyl sites for hydroxylation is 1. The molecule has 68 valence electrons. The second kappa shape index (κ2) is 3.05. The van der Waals surface area contributed by atoms with Crippen molar-refractivity contribution in [2.24, 2.45) is 5.16 Å². The summed E-state index contributed by atoms with van der Waals surface area (Å²) in [5.41, 5.74) is 2.16. The highest BCUT2D eigenvalue weighted by atomic mass is 16.5. The summed E-state index contributed by atoms with van der Waals surface area (Å²) in [5.74, 6) is 0.699. The zero-order chi connectivity index (χ0) is 9.26. The first-order chi connectivity index (χ1) is 6.31. The lowest BCUT2D eigenvalue weighted by atomic mass is 10.1. The van der Waals surface area contributed by atoms with Gasteiger partial charge in [-0.05, 0) is 19.1 Å². The Balaban J connectivity index is 2.54. The second-order valence-electron chi connectivity index (χ2n) is 2.94. The summed E-state index contributed by atoms with van der Waals surface area (Å²) >= 11 is 0. The first-order valence-electron chi connectivity index (χ1n) is 4.13. The van der Waals surface area contributed by atoms with Crippen molar-refractivity contribution < 1.29 is 9.94 Å². The molecule has 0 bridgehead atoms. The lowest BCUT2D eigenvalue weighted by Crippen LogP contribution is -2.18. The average Bonchev–Trinajstić information content (AvgIpc) is 2.17. The van der Waals surface area contributed by atoms with Gasteiger partial charge in [-0.2, -0.15) is 0 Å². The largest absolute Gasteiger partial charge is 0.491 e. The summed E-state index contributed by atoms with van der Waals surface area (Å²) in [7, 11) is 0. The third kappa shape index (κ3) is 1.35. The van der Waals surface area contributed by atoms with E-state index >= 15 is 0 Å². The van der Waals surface area contributed by atoms with Crippen molar-refractivity contribution >= 4 is 5.71 Å². The van der Waals surface area contributed by atoms with Gasteiger partial charge < -0.3 is 9.94 Å². The van der Waals surface area contributed by atoms with Gasteiger partial charge in [-0.3, -0.25) is 0 Å². The first-order valence-corrected chi connectivity index (χ1v) is 4.13. The molecule has 1 aliphatic rings. The number of hydrogen-bond acceptors (Lipinski definition) is 4. The molecular weight excluding hydrogens is 168 g/mol. The number of nitrogens with zero attached hydrogens (tertiary/aromatic N) is 2. The minimum atomic E-state index is 0.553. The highest BCUT2D eigenvalue weighted by Gasteiger charge is 2.18. The fraction of sp³-hybridized carbons (Fsp3) is 0.333. The summed E-state index contributed by atoms with van der Waals surface area (Å²) in [6.45, 7) is 2.45. The Hall–Kier alpha value is -1.58. The third-order valence-electron chi connectivity index (χ3n) is 1.99. The SMILES string of the molecule is Cc1ccc2c(n1)/C(=N\O)CCO2. The van der Waals surface area contributed by atoms with E-state index in [4.69, 9.17) is 9.94 Å². The third-order valence-corrected chi connectivity index (χ3v) is 1.99. The predicted molar refractivity (Wildman–Crippen MR) is 47.4 cm³/mol. The van der Waals surface area contributed by atoms with E-state index in [0.717, 1.165) is 5.69 Å². The molecule has 1 aliphatic heterocycles. The van der Waals surface area contributed by atoms with Crippen molar-refractivity contribution in [2.45, 2.75) is 13.3 Å². The number of hydrogen-bond donors (Lipinski definition) is 1. The number of pyridine rings is 1. The molecule has 0 saturated carbocycles. The van der Waals surface area contributed by atoms with Gasteiger partial charge in [0.25, 0.3) is 0 Å². The topological polar surface area (TPSA) is 54.7 Å². The maximum absolute atomic E-state index is 8.72. The molecule has 0 amide bonds. The fourth-order valence-corrected chi connectivity index (χ4v) is 1.34. The zero-order valence-electron chi connectivity index (χ0n) is 7.32. The average molecular weight is 178 g/mol. The standard InChI is InChI=1S/C9H10N2O2/c1-6-2-3-8-9(10-6)7(11-12)4-5-13-8/h2-3,12H,4-5H2,1H3/b11-7-. The van der Waals surface area contributed by atoms with E-state index in [9.17, 15) is 0 Å². The van der Waals surface area contributed by atoms with E-state index in [1.165, 1.54) is 0 Å². The molecule has 13 heavy (non-hydrogen) atoms. The Kier molecular flexibility index (Phi) is 1.88. The molecule has 2 heterocycles. The van der Waals surface area contributed by atoms with Crippen LogP contribution in [-0.2, 0) is 0 Å². The number of oxime groups is 1. The Bertz CT molecular complexity index is 361. The van der Waals surface area contributed by atoms with Gasteiger partial charge in [0.15, 0.2) is 0 Å². The maximum Gasteiger partial charge on any atom is 0.146 e. The van der Waals surface area contributed by atoms with Crippen LogP contribution < -0.4 is 4.74 Å². The van der Waals surface area contributed by atoms with E-state index in [2.05, 4.69) is 10.1 Å². The molecule has 0 aromatic carbocycles. The number of ether oxygens (including phenoxy) is 1. The molecule has 0 atom stereocenters. The number of fused-ring (bicyclic) bond motifs is 1. The molecule has 4 nitrogen and oxygen atoms in total. The van der Waals surface area contributed by atoms with Gasteiger partial charge >= 0.3 is 0 Å². The molecule has 0 fully saturated rings.